The van der Waals surface area contributed by atoms with E-state index in [1.54, 1.807) is 60.8 Å². The highest BCUT2D eigenvalue weighted by atomic mass is 32.2. The number of benzene rings is 3. The van der Waals surface area contributed by atoms with Gasteiger partial charge in [0, 0.05) is 11.6 Å². The average molecular weight is 462 g/mol. The van der Waals surface area contributed by atoms with E-state index in [0.29, 0.717) is 11.4 Å². The summed E-state index contributed by atoms with van der Waals surface area (Å²) in [6, 6.07) is 22.2. The summed E-state index contributed by atoms with van der Waals surface area (Å²) < 4.78 is 33.6. The number of hydrogen-bond acceptors (Lipinski definition) is 5. The van der Waals surface area contributed by atoms with Gasteiger partial charge in [-0.25, -0.2) is 8.42 Å². The van der Waals surface area contributed by atoms with Crippen molar-refractivity contribution in [3.8, 4) is 5.75 Å². The molecule has 1 N–H and O–H groups in total. The SMILES string of the molecule is COc1ccccc1N(CC(=O)Nc1cccc2ncccc12)S(=O)(=O)c1ccc(C)cc1. The van der Waals surface area contributed by atoms with Crippen molar-refractivity contribution < 1.29 is 17.9 Å². The number of nitrogens with one attached hydrogen (secondary N) is 1. The van der Waals surface area contributed by atoms with Crippen LogP contribution >= 0.6 is 0 Å². The van der Waals surface area contributed by atoms with Crippen LogP contribution in [0.5, 0.6) is 5.75 Å². The Hall–Kier alpha value is -3.91. The third kappa shape index (κ3) is 4.65. The van der Waals surface area contributed by atoms with Gasteiger partial charge in [-0.2, -0.15) is 0 Å². The number of methoxy groups -OCH3 is 1. The Kier molecular flexibility index (Phi) is 6.28. The number of pyridine rings is 1. The van der Waals surface area contributed by atoms with Crippen molar-refractivity contribution in [2.24, 2.45) is 0 Å². The summed E-state index contributed by atoms with van der Waals surface area (Å²) in [4.78, 5) is 17.5. The largest absolute Gasteiger partial charge is 0.495 e. The van der Waals surface area contributed by atoms with E-state index in [9.17, 15) is 13.2 Å². The van der Waals surface area contributed by atoms with Gasteiger partial charge in [-0.1, -0.05) is 35.9 Å². The first-order valence-corrected chi connectivity index (χ1v) is 11.7. The van der Waals surface area contributed by atoms with Crippen LogP contribution in [-0.4, -0.2) is 33.0 Å². The molecule has 1 aromatic heterocycles. The Morgan fingerprint density at radius 1 is 0.970 bits per heavy atom. The second-order valence-corrected chi connectivity index (χ2v) is 9.28. The van der Waals surface area contributed by atoms with Crippen molar-refractivity contribution in [2.75, 3.05) is 23.3 Å². The molecule has 3 aromatic carbocycles. The van der Waals surface area contributed by atoms with E-state index in [4.69, 9.17) is 4.74 Å². The van der Waals surface area contributed by atoms with Crippen molar-refractivity contribution in [2.45, 2.75) is 11.8 Å². The molecular weight excluding hydrogens is 438 g/mol. The predicted octanol–water partition coefficient (Wildman–Crippen LogP) is 4.39. The van der Waals surface area contributed by atoms with E-state index in [-0.39, 0.29) is 10.6 Å². The molecule has 0 radical (unpaired) electrons. The molecule has 0 bridgehead atoms. The number of anilines is 2. The lowest BCUT2D eigenvalue weighted by atomic mass is 10.2. The topological polar surface area (TPSA) is 88.6 Å². The van der Waals surface area contributed by atoms with E-state index in [1.165, 1.54) is 19.2 Å². The quantitative estimate of drug-likeness (QED) is 0.441. The van der Waals surface area contributed by atoms with Gasteiger partial charge in [0.2, 0.25) is 5.91 Å². The molecule has 33 heavy (non-hydrogen) atoms. The molecule has 0 unspecified atom stereocenters. The first kappa shape index (κ1) is 22.3. The summed E-state index contributed by atoms with van der Waals surface area (Å²) in [5.41, 5.74) is 2.48. The third-order valence-corrected chi connectivity index (χ3v) is 6.94. The molecule has 1 heterocycles. The van der Waals surface area contributed by atoms with Crippen molar-refractivity contribution in [3.63, 3.8) is 0 Å². The number of carbonyl (C=O) groups is 1. The molecule has 7 nitrogen and oxygen atoms in total. The van der Waals surface area contributed by atoms with Crippen molar-refractivity contribution in [3.05, 3.63) is 90.6 Å². The zero-order chi connectivity index (χ0) is 23.4. The normalized spacial score (nSPS) is 11.2. The van der Waals surface area contributed by atoms with Gasteiger partial charge in [-0.3, -0.25) is 14.1 Å². The average Bonchev–Trinajstić information content (AvgIpc) is 2.83. The Labute approximate surface area is 192 Å². The zero-order valence-corrected chi connectivity index (χ0v) is 19.0. The van der Waals surface area contributed by atoms with E-state index in [1.807, 2.05) is 19.1 Å². The number of amides is 1. The van der Waals surface area contributed by atoms with Crippen LogP contribution in [0.1, 0.15) is 5.56 Å². The molecule has 8 heteroatoms. The molecule has 0 aliphatic carbocycles. The number of para-hydroxylation sites is 2. The van der Waals surface area contributed by atoms with Crippen LogP contribution in [0.4, 0.5) is 11.4 Å². The van der Waals surface area contributed by atoms with Crippen molar-refractivity contribution in [1.29, 1.82) is 0 Å². The van der Waals surface area contributed by atoms with Gasteiger partial charge < -0.3 is 10.1 Å². The number of rotatable bonds is 7. The molecule has 0 spiro atoms. The minimum atomic E-state index is -4.05. The fourth-order valence-electron chi connectivity index (χ4n) is 3.51. The molecule has 0 aliphatic rings. The standard InChI is InChI=1S/C25H23N3O4S/c1-18-12-14-19(15-13-18)33(30,31)28(23-10-3-4-11-24(23)32-2)17-25(29)27-22-9-5-8-21-20(22)7-6-16-26-21/h3-16H,17H2,1-2H3,(H,27,29). The summed E-state index contributed by atoms with van der Waals surface area (Å²) in [7, 11) is -2.60. The maximum absolute atomic E-state index is 13.6. The third-order valence-electron chi connectivity index (χ3n) is 5.17. The highest BCUT2D eigenvalue weighted by Crippen LogP contribution is 2.32. The maximum Gasteiger partial charge on any atom is 0.264 e. The molecule has 4 aromatic rings. The number of aromatic nitrogens is 1. The summed E-state index contributed by atoms with van der Waals surface area (Å²) in [6.45, 7) is 1.44. The predicted molar refractivity (Wildman–Crippen MR) is 129 cm³/mol. The van der Waals surface area contributed by atoms with Gasteiger partial charge in [0.05, 0.1) is 28.9 Å². The van der Waals surface area contributed by atoms with Crippen LogP contribution in [0.15, 0.2) is 90.0 Å². The number of fused-ring (bicyclic) bond motifs is 1. The number of sulfonamides is 1. The lowest BCUT2D eigenvalue weighted by Gasteiger charge is -2.25. The lowest BCUT2D eigenvalue weighted by molar-refractivity contribution is -0.114. The van der Waals surface area contributed by atoms with Gasteiger partial charge >= 0.3 is 0 Å². The smallest absolute Gasteiger partial charge is 0.264 e. The van der Waals surface area contributed by atoms with Gasteiger partial charge in [-0.05, 0) is 55.5 Å². The first-order valence-electron chi connectivity index (χ1n) is 10.3. The lowest BCUT2D eigenvalue weighted by Crippen LogP contribution is -2.38. The molecular formula is C25H23N3O4S. The molecule has 0 saturated heterocycles. The fourth-order valence-corrected chi connectivity index (χ4v) is 4.94. The van der Waals surface area contributed by atoms with Gasteiger partial charge in [0.25, 0.3) is 10.0 Å². The number of aryl methyl sites for hydroxylation is 1. The second kappa shape index (κ2) is 9.30. The number of ether oxygens (including phenoxy) is 1. The van der Waals surface area contributed by atoms with Crippen LogP contribution in [0, 0.1) is 6.92 Å². The highest BCUT2D eigenvalue weighted by molar-refractivity contribution is 7.92. The Bertz CT molecular complexity index is 1400. The van der Waals surface area contributed by atoms with Crippen molar-refractivity contribution in [1.82, 2.24) is 4.98 Å². The Morgan fingerprint density at radius 3 is 2.48 bits per heavy atom. The van der Waals surface area contributed by atoms with E-state index in [0.717, 1.165) is 20.8 Å². The maximum atomic E-state index is 13.6. The fraction of sp³-hybridized carbons (Fsp3) is 0.120. The van der Waals surface area contributed by atoms with Crippen molar-refractivity contribution >= 4 is 38.2 Å². The van der Waals surface area contributed by atoms with Crippen LogP contribution in [0.3, 0.4) is 0 Å². The molecule has 0 aliphatic heterocycles. The molecule has 0 saturated carbocycles. The molecule has 1 amide bonds. The Morgan fingerprint density at radius 2 is 1.73 bits per heavy atom. The van der Waals surface area contributed by atoms with Crippen LogP contribution < -0.4 is 14.4 Å². The van der Waals surface area contributed by atoms with E-state index in [2.05, 4.69) is 10.3 Å². The van der Waals surface area contributed by atoms with E-state index < -0.39 is 22.5 Å². The highest BCUT2D eigenvalue weighted by Gasteiger charge is 2.29. The molecule has 0 fully saturated rings. The Balaban J connectivity index is 1.72. The van der Waals surface area contributed by atoms with Gasteiger partial charge in [0.15, 0.2) is 0 Å². The number of nitrogens with zero attached hydrogens (tertiary/aromatic N) is 2. The minimum absolute atomic E-state index is 0.0844. The van der Waals surface area contributed by atoms with Gasteiger partial charge in [-0.15, -0.1) is 0 Å². The number of hydrogen-bond donors (Lipinski definition) is 1. The van der Waals surface area contributed by atoms with Crippen LogP contribution in [0.2, 0.25) is 0 Å². The number of carbonyl (C=O) groups excluding carboxylic acids is 1. The summed E-state index contributed by atoms with van der Waals surface area (Å²) in [5.74, 6) is -0.150. The summed E-state index contributed by atoms with van der Waals surface area (Å²) in [6.07, 6.45) is 1.67. The second-order valence-electron chi connectivity index (χ2n) is 7.42. The molecule has 4 rings (SSSR count). The minimum Gasteiger partial charge on any atom is -0.495 e. The van der Waals surface area contributed by atoms with Crippen LogP contribution in [0.25, 0.3) is 10.9 Å². The molecule has 168 valence electrons. The summed E-state index contributed by atoms with van der Waals surface area (Å²) in [5, 5.41) is 3.59. The zero-order valence-electron chi connectivity index (χ0n) is 18.2. The first-order chi connectivity index (χ1) is 15.9. The van der Waals surface area contributed by atoms with E-state index >= 15 is 0 Å². The van der Waals surface area contributed by atoms with Crippen LogP contribution in [-0.2, 0) is 14.8 Å². The monoisotopic (exact) mass is 461 g/mol. The van der Waals surface area contributed by atoms with Gasteiger partial charge in [0.1, 0.15) is 12.3 Å². The summed E-state index contributed by atoms with van der Waals surface area (Å²) >= 11 is 0. The molecule has 0 atom stereocenters.